The van der Waals surface area contributed by atoms with Crippen LogP contribution in [0.15, 0.2) is 47.4 Å². The van der Waals surface area contributed by atoms with Crippen molar-refractivity contribution in [3.8, 4) is 6.07 Å². The van der Waals surface area contributed by atoms with Crippen molar-refractivity contribution < 1.29 is 17.2 Å². The molecule has 0 spiro atoms. The van der Waals surface area contributed by atoms with Gasteiger partial charge in [-0.3, -0.25) is 0 Å². The van der Waals surface area contributed by atoms with Gasteiger partial charge < -0.3 is 0 Å². The maximum atomic E-state index is 14.0. The third kappa shape index (κ3) is 3.90. The molecule has 136 valence electrons. The molecule has 2 aromatic rings. The van der Waals surface area contributed by atoms with Crippen molar-refractivity contribution in [2.45, 2.75) is 16.6 Å². The van der Waals surface area contributed by atoms with Gasteiger partial charge in [0.2, 0.25) is 10.0 Å². The van der Waals surface area contributed by atoms with Crippen molar-refractivity contribution in [1.29, 1.82) is 5.26 Å². The molecule has 0 unspecified atom stereocenters. The van der Waals surface area contributed by atoms with E-state index in [1.165, 1.54) is 46.4 Å². The normalized spacial score (nSPS) is 18.9. The molecule has 1 saturated heterocycles. The number of benzene rings is 2. The van der Waals surface area contributed by atoms with Gasteiger partial charge in [-0.05, 0) is 48.9 Å². The number of rotatable bonds is 3. The second-order valence-electron chi connectivity index (χ2n) is 5.85. The van der Waals surface area contributed by atoms with Gasteiger partial charge in [-0.2, -0.15) is 21.3 Å². The summed E-state index contributed by atoms with van der Waals surface area (Å²) < 4.78 is 54.4. The minimum absolute atomic E-state index is 0.122. The Morgan fingerprint density at radius 3 is 2.54 bits per heavy atom. The Bertz CT molecular complexity index is 941. The highest BCUT2D eigenvalue weighted by Gasteiger charge is 2.29. The zero-order valence-electron chi connectivity index (χ0n) is 13.7. The molecule has 0 saturated carbocycles. The van der Waals surface area contributed by atoms with Gasteiger partial charge in [0, 0.05) is 29.7 Å². The average molecular weight is 394 g/mol. The maximum absolute atomic E-state index is 14.0. The first kappa shape index (κ1) is 18.8. The minimum Gasteiger partial charge on any atom is -0.207 e. The molecule has 2 aromatic carbocycles. The average Bonchev–Trinajstić information content (AvgIpc) is 2.90. The molecule has 1 atom stereocenters. The van der Waals surface area contributed by atoms with E-state index in [9.17, 15) is 17.2 Å². The molecular formula is C18H16F2N2O2S2. The smallest absolute Gasteiger partial charge is 0.207 e. The van der Waals surface area contributed by atoms with Gasteiger partial charge in [0.1, 0.15) is 11.6 Å². The predicted octanol–water partition coefficient (Wildman–Crippen LogP) is 3.71. The van der Waals surface area contributed by atoms with Gasteiger partial charge in [-0.25, -0.2) is 17.2 Å². The summed E-state index contributed by atoms with van der Waals surface area (Å²) in [5.74, 6) is -0.503. The van der Waals surface area contributed by atoms with Crippen molar-refractivity contribution in [3.05, 3.63) is 65.2 Å². The fraction of sp³-hybridized carbons (Fsp3) is 0.278. The first-order chi connectivity index (χ1) is 12.4. The monoisotopic (exact) mass is 394 g/mol. The summed E-state index contributed by atoms with van der Waals surface area (Å²) in [5, 5.41) is 8.53. The fourth-order valence-electron chi connectivity index (χ4n) is 2.85. The second-order valence-corrected chi connectivity index (χ2v) is 9.10. The van der Waals surface area contributed by atoms with E-state index in [-0.39, 0.29) is 22.3 Å². The van der Waals surface area contributed by atoms with Crippen LogP contribution in [0.1, 0.15) is 22.8 Å². The van der Waals surface area contributed by atoms with Gasteiger partial charge in [0.25, 0.3) is 0 Å². The van der Waals surface area contributed by atoms with Crippen molar-refractivity contribution in [3.63, 3.8) is 0 Å². The predicted molar refractivity (Wildman–Crippen MR) is 96.1 cm³/mol. The van der Waals surface area contributed by atoms with E-state index in [2.05, 4.69) is 0 Å². The van der Waals surface area contributed by atoms with Crippen molar-refractivity contribution in [2.75, 3.05) is 18.8 Å². The Morgan fingerprint density at radius 1 is 1.12 bits per heavy atom. The first-order valence-electron chi connectivity index (χ1n) is 7.98. The molecular weight excluding hydrogens is 378 g/mol. The number of nitriles is 1. The molecule has 1 heterocycles. The number of halogens is 2. The Kier molecular flexibility index (Phi) is 5.61. The van der Waals surface area contributed by atoms with Crippen LogP contribution < -0.4 is 0 Å². The lowest BCUT2D eigenvalue weighted by atomic mass is 10.1. The molecule has 0 amide bonds. The van der Waals surface area contributed by atoms with Gasteiger partial charge >= 0.3 is 0 Å². The minimum atomic E-state index is -3.69. The zero-order chi connectivity index (χ0) is 18.7. The van der Waals surface area contributed by atoms with E-state index in [0.29, 0.717) is 24.3 Å². The zero-order valence-corrected chi connectivity index (χ0v) is 15.4. The van der Waals surface area contributed by atoms with Crippen LogP contribution in [-0.2, 0) is 10.0 Å². The van der Waals surface area contributed by atoms with Crippen LogP contribution in [0.4, 0.5) is 8.78 Å². The van der Waals surface area contributed by atoms with E-state index in [1.807, 2.05) is 6.07 Å². The summed E-state index contributed by atoms with van der Waals surface area (Å²) in [5.41, 5.74) is 0.657. The second kappa shape index (κ2) is 7.74. The molecule has 4 nitrogen and oxygen atoms in total. The third-order valence-corrected chi connectivity index (χ3v) is 7.45. The van der Waals surface area contributed by atoms with Gasteiger partial charge in [-0.15, -0.1) is 0 Å². The first-order valence-corrected chi connectivity index (χ1v) is 10.5. The highest BCUT2D eigenvalue weighted by atomic mass is 32.2. The molecule has 1 aliphatic heterocycles. The Balaban J connectivity index is 1.79. The highest BCUT2D eigenvalue weighted by Crippen LogP contribution is 2.37. The van der Waals surface area contributed by atoms with Crippen LogP contribution in [-0.4, -0.2) is 31.6 Å². The number of sulfonamides is 1. The quantitative estimate of drug-likeness (QED) is 0.796. The summed E-state index contributed by atoms with van der Waals surface area (Å²) in [6.07, 6.45) is 0.389. The number of thioether (sulfide) groups is 1. The SMILES string of the molecule is N#Cc1ccc(S(=O)(=O)N2CCS[C@H](c3cc(F)ccc3F)CC2)cc1. The molecule has 3 rings (SSSR count). The van der Waals surface area contributed by atoms with Crippen LogP contribution in [0.25, 0.3) is 0 Å². The summed E-state index contributed by atoms with van der Waals surface area (Å²) in [6.45, 7) is 0.510. The number of hydrogen-bond acceptors (Lipinski definition) is 4. The van der Waals surface area contributed by atoms with Gasteiger partial charge in [0.15, 0.2) is 0 Å². The van der Waals surface area contributed by atoms with Gasteiger partial charge in [0.05, 0.1) is 16.5 Å². The Morgan fingerprint density at radius 2 is 1.85 bits per heavy atom. The largest absolute Gasteiger partial charge is 0.243 e. The standard InChI is InChI=1S/C18H16F2N2O2S2/c19-14-3-6-17(20)16(11-14)18-7-8-22(9-10-25-18)26(23,24)15-4-1-13(12-21)2-5-15/h1-6,11,18H,7-10H2/t18-/m0/s1. The summed E-state index contributed by atoms with van der Waals surface area (Å²) in [4.78, 5) is 0.122. The Hall–Kier alpha value is -1.95. The molecule has 0 N–H and O–H groups in total. The number of hydrogen-bond donors (Lipinski definition) is 0. The van der Waals surface area contributed by atoms with Crippen molar-refractivity contribution in [1.82, 2.24) is 4.31 Å². The summed E-state index contributed by atoms with van der Waals surface area (Å²) in [7, 11) is -3.69. The summed E-state index contributed by atoms with van der Waals surface area (Å²) in [6, 6.07) is 11.0. The molecule has 0 bridgehead atoms. The van der Waals surface area contributed by atoms with Crippen LogP contribution in [0, 0.1) is 23.0 Å². The van der Waals surface area contributed by atoms with Crippen molar-refractivity contribution >= 4 is 21.8 Å². The van der Waals surface area contributed by atoms with Crippen LogP contribution >= 0.6 is 11.8 Å². The summed E-state index contributed by atoms with van der Waals surface area (Å²) >= 11 is 1.43. The molecule has 1 aliphatic rings. The van der Waals surface area contributed by atoms with E-state index < -0.39 is 21.7 Å². The van der Waals surface area contributed by atoms with E-state index >= 15 is 0 Å². The topological polar surface area (TPSA) is 61.2 Å². The van der Waals surface area contributed by atoms with Crippen LogP contribution in [0.2, 0.25) is 0 Å². The fourth-order valence-corrected chi connectivity index (χ4v) is 5.66. The lowest BCUT2D eigenvalue weighted by molar-refractivity contribution is 0.426. The maximum Gasteiger partial charge on any atom is 0.243 e. The van der Waals surface area contributed by atoms with E-state index in [1.54, 1.807) is 0 Å². The molecule has 0 aliphatic carbocycles. The van der Waals surface area contributed by atoms with E-state index in [4.69, 9.17) is 5.26 Å². The van der Waals surface area contributed by atoms with Gasteiger partial charge in [-0.1, -0.05) is 0 Å². The molecule has 8 heteroatoms. The van der Waals surface area contributed by atoms with Crippen LogP contribution in [0.3, 0.4) is 0 Å². The Labute approximate surface area is 155 Å². The molecule has 1 fully saturated rings. The number of nitrogens with zero attached hydrogens (tertiary/aromatic N) is 2. The molecule has 0 aromatic heterocycles. The molecule has 26 heavy (non-hydrogen) atoms. The van der Waals surface area contributed by atoms with Crippen molar-refractivity contribution in [2.24, 2.45) is 0 Å². The lowest BCUT2D eigenvalue weighted by Crippen LogP contribution is -2.33. The molecule has 0 radical (unpaired) electrons. The van der Waals surface area contributed by atoms with E-state index in [0.717, 1.165) is 12.1 Å². The highest BCUT2D eigenvalue weighted by molar-refractivity contribution is 7.99. The third-order valence-electron chi connectivity index (χ3n) is 4.23. The lowest BCUT2D eigenvalue weighted by Gasteiger charge is -2.20. The van der Waals surface area contributed by atoms with Crippen LogP contribution in [0.5, 0.6) is 0 Å².